The van der Waals surface area contributed by atoms with E-state index in [0.717, 1.165) is 0 Å². The highest BCUT2D eigenvalue weighted by Gasteiger charge is 2.34. The first-order valence-electron chi connectivity index (χ1n) is 8.20. The number of ketones is 1. The number of amides is 1. The SMILES string of the molecule is CC1=C2OCC(=O)N(c3ccc(C(=O)O)cc3)N=C2c2ccccc2C1=O. The Bertz CT molecular complexity index is 1050. The number of ether oxygens (including phenoxy) is 1. The minimum Gasteiger partial charge on any atom is -0.481 e. The Balaban J connectivity index is 1.87. The Labute approximate surface area is 154 Å². The van der Waals surface area contributed by atoms with Gasteiger partial charge in [0.2, 0.25) is 0 Å². The summed E-state index contributed by atoms with van der Waals surface area (Å²) in [7, 11) is 0. The highest BCUT2D eigenvalue weighted by molar-refractivity contribution is 6.28. The molecule has 0 radical (unpaired) electrons. The number of hydrogen-bond acceptors (Lipinski definition) is 5. The van der Waals surface area contributed by atoms with Gasteiger partial charge in [0.15, 0.2) is 18.1 Å². The number of anilines is 1. The van der Waals surface area contributed by atoms with Crippen molar-refractivity contribution in [2.45, 2.75) is 6.92 Å². The highest BCUT2D eigenvalue weighted by atomic mass is 16.5. The molecule has 2 aromatic carbocycles. The molecule has 0 bridgehead atoms. The van der Waals surface area contributed by atoms with Gasteiger partial charge in [-0.25, -0.2) is 4.79 Å². The summed E-state index contributed by atoms with van der Waals surface area (Å²) in [4.78, 5) is 36.2. The summed E-state index contributed by atoms with van der Waals surface area (Å²) in [6.45, 7) is 1.36. The molecule has 134 valence electrons. The number of Topliss-reactive ketones (excluding diaryl/α,β-unsaturated/α-hetero) is 1. The van der Waals surface area contributed by atoms with E-state index in [-0.39, 0.29) is 23.7 Å². The van der Waals surface area contributed by atoms with E-state index in [1.54, 1.807) is 31.2 Å². The van der Waals surface area contributed by atoms with Crippen LogP contribution in [0.15, 0.2) is 65.0 Å². The van der Waals surface area contributed by atoms with E-state index in [9.17, 15) is 14.4 Å². The van der Waals surface area contributed by atoms with Crippen LogP contribution in [0.2, 0.25) is 0 Å². The maximum absolute atomic E-state index is 12.6. The van der Waals surface area contributed by atoms with Crippen molar-refractivity contribution in [3.05, 3.63) is 76.6 Å². The van der Waals surface area contributed by atoms with Crippen molar-refractivity contribution in [1.82, 2.24) is 0 Å². The van der Waals surface area contributed by atoms with Crippen LogP contribution in [0.1, 0.15) is 33.2 Å². The Morgan fingerprint density at radius 1 is 1.07 bits per heavy atom. The lowest BCUT2D eigenvalue weighted by Crippen LogP contribution is -2.28. The molecule has 1 heterocycles. The summed E-state index contributed by atoms with van der Waals surface area (Å²) in [5.74, 6) is -1.35. The fourth-order valence-electron chi connectivity index (χ4n) is 3.07. The minimum atomic E-state index is -1.06. The Hall–Kier alpha value is -3.74. The average Bonchev–Trinajstić information content (AvgIpc) is 2.86. The number of carboxylic acid groups (broad SMARTS) is 1. The second kappa shape index (κ2) is 6.21. The van der Waals surface area contributed by atoms with Gasteiger partial charge in [0.05, 0.1) is 11.3 Å². The fourth-order valence-corrected chi connectivity index (χ4v) is 3.07. The van der Waals surface area contributed by atoms with Crippen molar-refractivity contribution in [3.8, 4) is 0 Å². The molecule has 0 fully saturated rings. The molecular formula is C20H14N2O5. The van der Waals surface area contributed by atoms with Crippen molar-refractivity contribution in [1.29, 1.82) is 0 Å². The van der Waals surface area contributed by atoms with Crippen LogP contribution in [0.5, 0.6) is 0 Å². The smallest absolute Gasteiger partial charge is 0.335 e. The number of carbonyl (C=O) groups excluding carboxylic acids is 2. The van der Waals surface area contributed by atoms with Crippen LogP contribution in [0.4, 0.5) is 5.69 Å². The quantitative estimate of drug-likeness (QED) is 0.886. The molecule has 0 unspecified atom stereocenters. The van der Waals surface area contributed by atoms with Crippen molar-refractivity contribution >= 4 is 29.1 Å². The van der Waals surface area contributed by atoms with Crippen LogP contribution in [0.25, 0.3) is 0 Å². The van der Waals surface area contributed by atoms with Gasteiger partial charge in [-0.15, -0.1) is 0 Å². The lowest BCUT2D eigenvalue weighted by atomic mass is 9.88. The number of benzene rings is 2. The van der Waals surface area contributed by atoms with Crippen LogP contribution in [0, 0.1) is 0 Å². The molecule has 27 heavy (non-hydrogen) atoms. The van der Waals surface area contributed by atoms with Gasteiger partial charge in [0, 0.05) is 16.7 Å². The van der Waals surface area contributed by atoms with E-state index in [2.05, 4.69) is 5.10 Å². The first kappa shape index (κ1) is 16.7. The second-order valence-corrected chi connectivity index (χ2v) is 6.12. The Kier molecular flexibility index (Phi) is 3.84. The summed E-state index contributed by atoms with van der Waals surface area (Å²) in [6.07, 6.45) is 0. The number of hydrogen-bond donors (Lipinski definition) is 1. The molecule has 0 atom stereocenters. The summed E-state index contributed by atoms with van der Waals surface area (Å²) < 4.78 is 5.62. The normalized spacial score (nSPS) is 16.2. The summed E-state index contributed by atoms with van der Waals surface area (Å²) in [6, 6.07) is 12.8. The van der Waals surface area contributed by atoms with E-state index in [1.165, 1.54) is 29.3 Å². The molecule has 2 aliphatic rings. The monoisotopic (exact) mass is 362 g/mol. The number of nitrogens with zero attached hydrogens (tertiary/aromatic N) is 2. The molecule has 0 spiro atoms. The van der Waals surface area contributed by atoms with Crippen molar-refractivity contribution < 1.29 is 24.2 Å². The Morgan fingerprint density at radius 2 is 1.74 bits per heavy atom. The van der Waals surface area contributed by atoms with Gasteiger partial charge in [-0.3, -0.25) is 9.59 Å². The molecule has 7 heteroatoms. The zero-order valence-corrected chi connectivity index (χ0v) is 14.3. The fraction of sp³-hybridized carbons (Fsp3) is 0.100. The molecule has 7 nitrogen and oxygen atoms in total. The van der Waals surface area contributed by atoms with Crippen molar-refractivity contribution in [2.75, 3.05) is 11.6 Å². The molecule has 0 saturated heterocycles. The molecule has 1 amide bonds. The average molecular weight is 362 g/mol. The molecule has 2 aromatic rings. The zero-order chi connectivity index (χ0) is 19.1. The molecule has 1 N–H and O–H groups in total. The lowest BCUT2D eigenvalue weighted by molar-refractivity contribution is -0.121. The maximum Gasteiger partial charge on any atom is 0.335 e. The predicted molar refractivity (Wildman–Crippen MR) is 96.8 cm³/mol. The summed E-state index contributed by atoms with van der Waals surface area (Å²) >= 11 is 0. The first-order chi connectivity index (χ1) is 13.0. The third-order valence-electron chi connectivity index (χ3n) is 4.46. The number of rotatable bonds is 2. The number of fused-ring (bicyclic) bond motifs is 3. The number of aromatic carboxylic acids is 1. The number of carboxylic acids is 1. The first-order valence-corrected chi connectivity index (χ1v) is 8.20. The number of carbonyl (C=O) groups is 3. The largest absolute Gasteiger partial charge is 0.481 e. The predicted octanol–water partition coefficient (Wildman–Crippen LogP) is 2.62. The van der Waals surface area contributed by atoms with Crippen LogP contribution in [-0.2, 0) is 9.53 Å². The van der Waals surface area contributed by atoms with Gasteiger partial charge >= 0.3 is 5.97 Å². The highest BCUT2D eigenvalue weighted by Crippen LogP contribution is 2.30. The molecular weight excluding hydrogens is 348 g/mol. The number of hydrazone groups is 1. The topological polar surface area (TPSA) is 96.3 Å². The van der Waals surface area contributed by atoms with E-state index in [0.29, 0.717) is 28.1 Å². The van der Waals surface area contributed by atoms with Crippen molar-refractivity contribution in [3.63, 3.8) is 0 Å². The van der Waals surface area contributed by atoms with E-state index < -0.39 is 11.9 Å². The van der Waals surface area contributed by atoms with E-state index >= 15 is 0 Å². The third kappa shape index (κ3) is 2.69. The third-order valence-corrected chi connectivity index (χ3v) is 4.46. The van der Waals surface area contributed by atoms with Gasteiger partial charge < -0.3 is 9.84 Å². The molecule has 1 aliphatic carbocycles. The van der Waals surface area contributed by atoms with Crippen LogP contribution in [0.3, 0.4) is 0 Å². The maximum atomic E-state index is 12.6. The summed E-state index contributed by atoms with van der Waals surface area (Å²) in [5.41, 5.74) is 2.39. The zero-order valence-electron chi connectivity index (χ0n) is 14.3. The van der Waals surface area contributed by atoms with Gasteiger partial charge in [-0.1, -0.05) is 24.3 Å². The summed E-state index contributed by atoms with van der Waals surface area (Å²) in [5, 5.41) is 14.7. The van der Waals surface area contributed by atoms with Gasteiger partial charge in [-0.2, -0.15) is 10.1 Å². The van der Waals surface area contributed by atoms with Crippen LogP contribution in [-0.4, -0.2) is 35.1 Å². The van der Waals surface area contributed by atoms with Crippen LogP contribution < -0.4 is 5.01 Å². The van der Waals surface area contributed by atoms with E-state index in [4.69, 9.17) is 9.84 Å². The second-order valence-electron chi connectivity index (χ2n) is 6.12. The van der Waals surface area contributed by atoms with Gasteiger partial charge in [0.1, 0.15) is 5.71 Å². The standard InChI is InChI=1S/C20H14N2O5/c1-11-18(24)15-5-3-2-4-14(15)17-19(11)27-10-16(23)22(21-17)13-8-6-12(7-9-13)20(25)26/h2-9H,10H2,1H3,(H,25,26). The molecule has 0 aromatic heterocycles. The van der Waals surface area contributed by atoms with E-state index in [1.807, 2.05) is 0 Å². The minimum absolute atomic E-state index is 0.106. The Morgan fingerprint density at radius 3 is 2.41 bits per heavy atom. The molecule has 4 rings (SSSR count). The molecule has 0 saturated carbocycles. The van der Waals surface area contributed by atoms with Gasteiger partial charge in [0.25, 0.3) is 5.91 Å². The number of allylic oxidation sites excluding steroid dienone is 2. The van der Waals surface area contributed by atoms with Crippen LogP contribution >= 0.6 is 0 Å². The van der Waals surface area contributed by atoms with Gasteiger partial charge in [-0.05, 0) is 31.2 Å². The van der Waals surface area contributed by atoms with Crippen molar-refractivity contribution in [2.24, 2.45) is 5.10 Å². The molecule has 1 aliphatic heterocycles. The lowest BCUT2D eigenvalue weighted by Gasteiger charge is -2.20.